The van der Waals surface area contributed by atoms with Crippen molar-refractivity contribution in [3.8, 4) is 0 Å². The molecule has 0 atom stereocenters. The van der Waals surface area contributed by atoms with Crippen LogP contribution in [0.3, 0.4) is 0 Å². The minimum absolute atomic E-state index is 0.0448. The van der Waals surface area contributed by atoms with Gasteiger partial charge in [0.15, 0.2) is 5.16 Å². The zero-order valence-electron chi connectivity index (χ0n) is 17.2. The summed E-state index contributed by atoms with van der Waals surface area (Å²) >= 11 is 2.85. The average molecular weight is 450 g/mol. The first-order chi connectivity index (χ1) is 14.5. The molecule has 0 saturated carbocycles. The van der Waals surface area contributed by atoms with Crippen molar-refractivity contribution in [2.75, 3.05) is 18.9 Å². The molecule has 0 saturated heterocycles. The summed E-state index contributed by atoms with van der Waals surface area (Å²) < 4.78 is 6.47. The van der Waals surface area contributed by atoms with E-state index < -0.39 is 0 Å². The predicted molar refractivity (Wildman–Crippen MR) is 120 cm³/mol. The summed E-state index contributed by atoms with van der Waals surface area (Å²) in [5.74, 6) is -0.265. The number of nitrogens with one attached hydrogen (secondary N) is 1. The van der Waals surface area contributed by atoms with Crippen molar-refractivity contribution in [3.63, 3.8) is 0 Å². The number of hydrogen-bond donors (Lipinski definition) is 1. The second kappa shape index (κ2) is 10.8. The van der Waals surface area contributed by atoms with Crippen LogP contribution in [-0.2, 0) is 33.7 Å². The summed E-state index contributed by atoms with van der Waals surface area (Å²) in [6.45, 7) is 6.64. The number of allylic oxidation sites excluding steroid dienone is 1. The predicted octanol–water partition coefficient (Wildman–Crippen LogP) is 3.07. The fourth-order valence-electron chi connectivity index (χ4n) is 3.49. The van der Waals surface area contributed by atoms with E-state index in [1.165, 1.54) is 16.6 Å². The van der Waals surface area contributed by atoms with E-state index in [1.54, 1.807) is 28.9 Å². The highest BCUT2D eigenvalue weighted by Crippen LogP contribution is 2.34. The molecule has 0 fully saturated rings. The minimum atomic E-state index is -0.259. The van der Waals surface area contributed by atoms with Gasteiger partial charge < -0.3 is 10.1 Å². The molecule has 1 aliphatic rings. The number of fused-ring (bicyclic) bond motifs is 3. The van der Waals surface area contributed by atoms with E-state index >= 15 is 0 Å². The number of thioether (sulfide) groups is 1. The van der Waals surface area contributed by atoms with E-state index in [-0.39, 0.29) is 29.6 Å². The second-order valence-electron chi connectivity index (χ2n) is 7.04. The molecule has 7 nitrogen and oxygen atoms in total. The van der Waals surface area contributed by atoms with Crippen LogP contribution in [0.1, 0.15) is 43.0 Å². The lowest BCUT2D eigenvalue weighted by molar-refractivity contribution is -0.143. The van der Waals surface area contributed by atoms with Crippen LogP contribution in [0.2, 0.25) is 0 Å². The van der Waals surface area contributed by atoms with Gasteiger partial charge in [-0.2, -0.15) is 0 Å². The number of rotatable bonds is 10. The summed E-state index contributed by atoms with van der Waals surface area (Å²) in [7, 11) is 0. The highest BCUT2D eigenvalue weighted by atomic mass is 32.2. The van der Waals surface area contributed by atoms with Crippen LogP contribution >= 0.6 is 23.1 Å². The molecular formula is C21H27N3O4S2. The van der Waals surface area contributed by atoms with Gasteiger partial charge >= 0.3 is 5.97 Å². The van der Waals surface area contributed by atoms with Crippen molar-refractivity contribution >= 4 is 45.2 Å². The van der Waals surface area contributed by atoms with Crippen LogP contribution < -0.4 is 10.9 Å². The average Bonchev–Trinajstić information content (AvgIpc) is 3.11. The van der Waals surface area contributed by atoms with E-state index in [0.717, 1.165) is 41.5 Å². The summed E-state index contributed by atoms with van der Waals surface area (Å²) in [6.07, 6.45) is 6.68. The Hall–Kier alpha value is -2.13. The zero-order chi connectivity index (χ0) is 21.5. The van der Waals surface area contributed by atoms with Crippen molar-refractivity contribution in [3.05, 3.63) is 33.4 Å². The smallest absolute Gasteiger partial charge is 0.305 e. The van der Waals surface area contributed by atoms with E-state index in [2.05, 4.69) is 11.9 Å². The molecule has 0 spiro atoms. The first kappa shape index (κ1) is 22.6. The molecule has 3 rings (SSSR count). The Morgan fingerprint density at radius 1 is 1.37 bits per heavy atom. The van der Waals surface area contributed by atoms with Crippen LogP contribution in [-0.4, -0.2) is 40.3 Å². The van der Waals surface area contributed by atoms with E-state index in [9.17, 15) is 14.4 Å². The van der Waals surface area contributed by atoms with E-state index in [4.69, 9.17) is 9.72 Å². The highest BCUT2D eigenvalue weighted by Gasteiger charge is 2.22. The molecule has 2 heterocycles. The molecule has 30 heavy (non-hydrogen) atoms. The Kier molecular flexibility index (Phi) is 8.09. The third-order valence-electron chi connectivity index (χ3n) is 4.87. The van der Waals surface area contributed by atoms with Crippen molar-refractivity contribution in [2.45, 2.75) is 57.1 Å². The zero-order valence-corrected chi connectivity index (χ0v) is 18.8. The quantitative estimate of drug-likeness (QED) is 0.197. The molecule has 0 aliphatic heterocycles. The molecule has 2 aromatic rings. The summed E-state index contributed by atoms with van der Waals surface area (Å²) in [5, 5.41) is 4.07. The van der Waals surface area contributed by atoms with Crippen LogP contribution in [0, 0.1) is 0 Å². The number of aryl methyl sites for hydroxylation is 2. The largest absolute Gasteiger partial charge is 0.466 e. The van der Waals surface area contributed by atoms with Crippen molar-refractivity contribution in [2.24, 2.45) is 0 Å². The van der Waals surface area contributed by atoms with Gasteiger partial charge in [-0.15, -0.1) is 17.9 Å². The molecule has 1 amide bonds. The van der Waals surface area contributed by atoms with Crippen LogP contribution in [0.4, 0.5) is 0 Å². The second-order valence-corrected chi connectivity index (χ2v) is 9.06. The fourth-order valence-corrected chi connectivity index (χ4v) is 5.64. The van der Waals surface area contributed by atoms with Gasteiger partial charge in [-0.1, -0.05) is 17.8 Å². The number of thiophene rings is 1. The number of aromatic nitrogens is 2. The molecule has 0 aromatic carbocycles. The van der Waals surface area contributed by atoms with Crippen molar-refractivity contribution in [1.82, 2.24) is 14.9 Å². The third-order valence-corrected chi connectivity index (χ3v) is 7.03. The van der Waals surface area contributed by atoms with E-state index in [1.807, 2.05) is 0 Å². The highest BCUT2D eigenvalue weighted by molar-refractivity contribution is 7.99. The molecular weight excluding hydrogens is 422 g/mol. The Balaban J connectivity index is 1.67. The number of carbonyl (C=O) groups is 2. The molecule has 0 radical (unpaired) electrons. The topological polar surface area (TPSA) is 90.3 Å². The summed E-state index contributed by atoms with van der Waals surface area (Å²) in [5.41, 5.74) is 1.11. The lowest BCUT2D eigenvalue weighted by Crippen LogP contribution is -2.28. The van der Waals surface area contributed by atoms with Gasteiger partial charge in [-0.3, -0.25) is 19.0 Å². The summed E-state index contributed by atoms with van der Waals surface area (Å²) in [4.78, 5) is 43.4. The normalized spacial score (nSPS) is 13.1. The number of nitrogens with zero attached hydrogens (tertiary/aromatic N) is 2. The Morgan fingerprint density at radius 2 is 2.17 bits per heavy atom. The number of carbonyl (C=O) groups excluding carboxylic acids is 2. The number of amides is 1. The fraction of sp³-hybridized carbons (Fsp3) is 0.524. The number of esters is 1. The van der Waals surface area contributed by atoms with Gasteiger partial charge in [0.05, 0.1) is 17.7 Å². The van der Waals surface area contributed by atoms with Gasteiger partial charge in [0.1, 0.15) is 4.83 Å². The molecule has 2 aromatic heterocycles. The van der Waals surface area contributed by atoms with Crippen molar-refractivity contribution < 1.29 is 14.3 Å². The molecule has 1 aliphatic carbocycles. The maximum absolute atomic E-state index is 13.2. The van der Waals surface area contributed by atoms with Gasteiger partial charge in [0.2, 0.25) is 5.91 Å². The first-order valence-corrected chi connectivity index (χ1v) is 12.1. The van der Waals surface area contributed by atoms with Gasteiger partial charge in [-0.25, -0.2) is 4.98 Å². The van der Waals surface area contributed by atoms with Crippen LogP contribution in [0.5, 0.6) is 0 Å². The first-order valence-electron chi connectivity index (χ1n) is 10.3. The Labute approximate surface area is 183 Å². The third kappa shape index (κ3) is 5.31. The van der Waals surface area contributed by atoms with Crippen LogP contribution in [0.25, 0.3) is 10.2 Å². The Bertz CT molecular complexity index is 996. The maximum Gasteiger partial charge on any atom is 0.305 e. The van der Waals surface area contributed by atoms with Gasteiger partial charge in [0.25, 0.3) is 5.56 Å². The maximum atomic E-state index is 13.2. The molecule has 0 unspecified atom stereocenters. The minimum Gasteiger partial charge on any atom is -0.466 e. The monoisotopic (exact) mass is 449 g/mol. The van der Waals surface area contributed by atoms with Gasteiger partial charge in [0, 0.05) is 24.4 Å². The lowest BCUT2D eigenvalue weighted by Gasteiger charge is -2.12. The standard InChI is InChI=1S/C21H27N3O4S2/c1-3-12-24-20(27)18-14-8-5-6-9-15(14)30-19(18)23-21(24)29-13-16(25)22-11-7-10-17(26)28-4-2/h3H,1,4-13H2,2H3,(H,22,25). The van der Waals surface area contributed by atoms with E-state index in [0.29, 0.717) is 31.3 Å². The summed E-state index contributed by atoms with van der Waals surface area (Å²) in [6, 6.07) is 0. The van der Waals surface area contributed by atoms with Crippen molar-refractivity contribution in [1.29, 1.82) is 0 Å². The number of ether oxygens (including phenoxy) is 1. The lowest BCUT2D eigenvalue weighted by atomic mass is 9.97. The van der Waals surface area contributed by atoms with Gasteiger partial charge in [-0.05, 0) is 44.6 Å². The number of hydrogen-bond acceptors (Lipinski definition) is 7. The SMILES string of the molecule is C=CCn1c(SCC(=O)NCCCC(=O)OCC)nc2sc3c(c2c1=O)CCCC3. The molecule has 1 N–H and O–H groups in total. The molecule has 0 bridgehead atoms. The Morgan fingerprint density at radius 3 is 2.93 bits per heavy atom. The molecule has 9 heteroatoms. The van der Waals surface area contributed by atoms with Crippen LogP contribution in [0.15, 0.2) is 22.6 Å². The molecule has 162 valence electrons.